The monoisotopic (exact) mass is 313 g/mol. The molecule has 118 valence electrons. The summed E-state index contributed by atoms with van der Waals surface area (Å²) < 4.78 is 0. The molecule has 0 aliphatic rings. The van der Waals surface area contributed by atoms with Crippen LogP contribution in [0.1, 0.15) is 25.0 Å². The first-order chi connectivity index (χ1) is 9.31. The van der Waals surface area contributed by atoms with Gasteiger partial charge in [0.05, 0.1) is 12.6 Å². The van der Waals surface area contributed by atoms with Crippen molar-refractivity contribution >= 4 is 29.9 Å². The fourth-order valence-corrected chi connectivity index (χ4v) is 1.74. The molecule has 1 aromatic rings. The first-order valence-electron chi connectivity index (χ1n) is 6.71. The second-order valence-corrected chi connectivity index (χ2v) is 5.35. The van der Waals surface area contributed by atoms with E-state index in [0.29, 0.717) is 0 Å². The number of aryl methyl sites for hydroxylation is 2. The second kappa shape index (κ2) is 8.64. The van der Waals surface area contributed by atoms with Crippen molar-refractivity contribution in [1.82, 2.24) is 5.32 Å². The van der Waals surface area contributed by atoms with Gasteiger partial charge in [0, 0.05) is 5.69 Å². The molecule has 0 unspecified atom stereocenters. The molecule has 1 atom stereocenters. The Kier molecular flexibility index (Phi) is 7.99. The maximum atomic E-state index is 11.8. The topological polar surface area (TPSA) is 84.2 Å². The molecule has 0 spiro atoms. The van der Waals surface area contributed by atoms with E-state index in [0.717, 1.165) is 16.8 Å². The van der Waals surface area contributed by atoms with Gasteiger partial charge in [0.2, 0.25) is 11.8 Å². The highest BCUT2D eigenvalue weighted by Crippen LogP contribution is 2.15. The van der Waals surface area contributed by atoms with Crippen LogP contribution in [0.4, 0.5) is 5.69 Å². The average Bonchev–Trinajstić information content (AvgIpc) is 2.38. The van der Waals surface area contributed by atoms with Crippen molar-refractivity contribution in [2.45, 2.75) is 33.7 Å². The van der Waals surface area contributed by atoms with Crippen molar-refractivity contribution < 1.29 is 9.59 Å². The Morgan fingerprint density at radius 2 is 1.86 bits per heavy atom. The largest absolute Gasteiger partial charge is 0.346 e. The van der Waals surface area contributed by atoms with E-state index in [1.54, 1.807) is 0 Å². The Bertz CT molecular complexity index is 504. The molecule has 2 amide bonds. The van der Waals surface area contributed by atoms with E-state index in [2.05, 4.69) is 10.6 Å². The van der Waals surface area contributed by atoms with Gasteiger partial charge in [-0.1, -0.05) is 31.5 Å². The number of carbonyl (C=O) groups is 2. The lowest BCUT2D eigenvalue weighted by atomic mass is 10.1. The van der Waals surface area contributed by atoms with Gasteiger partial charge in [0.15, 0.2) is 0 Å². The van der Waals surface area contributed by atoms with Crippen LogP contribution in [0.2, 0.25) is 0 Å². The van der Waals surface area contributed by atoms with Crippen LogP contribution in [-0.4, -0.2) is 24.4 Å². The van der Waals surface area contributed by atoms with E-state index in [-0.39, 0.29) is 36.7 Å². The van der Waals surface area contributed by atoms with E-state index >= 15 is 0 Å². The summed E-state index contributed by atoms with van der Waals surface area (Å²) in [5.74, 6) is -0.533. The Hall–Kier alpha value is -1.59. The molecule has 0 aliphatic carbocycles. The van der Waals surface area contributed by atoms with Crippen LogP contribution in [0.15, 0.2) is 18.2 Å². The first kappa shape index (κ1) is 19.4. The molecule has 0 radical (unpaired) electrons. The van der Waals surface area contributed by atoms with E-state index in [1.165, 1.54) is 0 Å². The average molecular weight is 314 g/mol. The van der Waals surface area contributed by atoms with Crippen molar-refractivity contribution in [3.63, 3.8) is 0 Å². The van der Waals surface area contributed by atoms with Crippen LogP contribution in [0, 0.1) is 19.8 Å². The van der Waals surface area contributed by atoms with E-state index in [4.69, 9.17) is 5.73 Å². The highest BCUT2D eigenvalue weighted by molar-refractivity contribution is 5.95. The van der Waals surface area contributed by atoms with Crippen molar-refractivity contribution in [2.75, 3.05) is 11.9 Å². The van der Waals surface area contributed by atoms with Crippen molar-refractivity contribution in [1.29, 1.82) is 0 Å². The molecule has 0 saturated carbocycles. The van der Waals surface area contributed by atoms with Crippen molar-refractivity contribution in [3.05, 3.63) is 29.3 Å². The summed E-state index contributed by atoms with van der Waals surface area (Å²) >= 11 is 0. The third-order valence-electron chi connectivity index (χ3n) is 3.10. The zero-order valence-corrected chi connectivity index (χ0v) is 13.7. The second-order valence-electron chi connectivity index (χ2n) is 5.35. The molecule has 5 nitrogen and oxygen atoms in total. The number of nitrogens with two attached hydrogens (primary N) is 1. The summed E-state index contributed by atoms with van der Waals surface area (Å²) in [5.41, 5.74) is 8.57. The van der Waals surface area contributed by atoms with Crippen LogP contribution in [-0.2, 0) is 9.59 Å². The van der Waals surface area contributed by atoms with Crippen LogP contribution < -0.4 is 16.4 Å². The predicted molar refractivity (Wildman–Crippen MR) is 87.6 cm³/mol. The molecule has 0 saturated heterocycles. The van der Waals surface area contributed by atoms with Gasteiger partial charge in [-0.15, -0.1) is 12.4 Å². The standard InChI is InChI=1S/C15H23N3O2.ClH/c1-9(2)14(16)15(20)17-8-13(19)18-12-6-5-10(3)7-11(12)4;/h5-7,9,14H,8,16H2,1-4H3,(H,17,20)(H,18,19);1H/t14-;/m0./s1. The summed E-state index contributed by atoms with van der Waals surface area (Å²) in [4.78, 5) is 23.4. The first-order valence-corrected chi connectivity index (χ1v) is 6.71. The molecular formula is C15H24ClN3O2. The maximum absolute atomic E-state index is 11.8. The Balaban J connectivity index is 0.00000400. The van der Waals surface area contributed by atoms with Crippen LogP contribution in [0.25, 0.3) is 0 Å². The summed E-state index contributed by atoms with van der Waals surface area (Å²) in [5, 5.41) is 5.31. The molecule has 0 aliphatic heterocycles. The zero-order valence-electron chi connectivity index (χ0n) is 12.9. The summed E-state index contributed by atoms with van der Waals surface area (Å²) in [6, 6.07) is 5.17. The normalized spacial score (nSPS) is 11.5. The third-order valence-corrected chi connectivity index (χ3v) is 3.10. The van der Waals surface area contributed by atoms with Gasteiger partial charge >= 0.3 is 0 Å². The molecule has 0 aromatic heterocycles. The van der Waals surface area contributed by atoms with Gasteiger partial charge in [0.1, 0.15) is 0 Å². The molecular weight excluding hydrogens is 290 g/mol. The zero-order chi connectivity index (χ0) is 15.3. The third kappa shape index (κ3) is 6.14. The molecule has 4 N–H and O–H groups in total. The SMILES string of the molecule is Cc1ccc(NC(=O)CNC(=O)[C@@H](N)C(C)C)c(C)c1.Cl. The summed E-state index contributed by atoms with van der Waals surface area (Å²) in [7, 11) is 0. The molecule has 0 bridgehead atoms. The Morgan fingerprint density at radius 3 is 2.38 bits per heavy atom. The van der Waals surface area contributed by atoms with Crippen molar-refractivity contribution in [2.24, 2.45) is 11.7 Å². The minimum Gasteiger partial charge on any atom is -0.346 e. The van der Waals surface area contributed by atoms with Gasteiger partial charge in [-0.05, 0) is 31.4 Å². The van der Waals surface area contributed by atoms with Gasteiger partial charge in [-0.2, -0.15) is 0 Å². The maximum Gasteiger partial charge on any atom is 0.243 e. The smallest absolute Gasteiger partial charge is 0.243 e. The predicted octanol–water partition coefficient (Wildman–Crippen LogP) is 1.76. The summed E-state index contributed by atoms with van der Waals surface area (Å²) in [6.07, 6.45) is 0. The minimum absolute atomic E-state index is 0. The number of carbonyl (C=O) groups excluding carboxylic acids is 2. The van der Waals surface area contributed by atoms with Gasteiger partial charge in [0.25, 0.3) is 0 Å². The number of hydrogen-bond donors (Lipinski definition) is 3. The molecule has 0 fully saturated rings. The van der Waals surface area contributed by atoms with E-state index < -0.39 is 6.04 Å². The molecule has 0 heterocycles. The molecule has 1 rings (SSSR count). The number of rotatable bonds is 5. The van der Waals surface area contributed by atoms with Crippen LogP contribution >= 0.6 is 12.4 Å². The lowest BCUT2D eigenvalue weighted by Gasteiger charge is -2.15. The highest BCUT2D eigenvalue weighted by Gasteiger charge is 2.17. The number of nitrogens with one attached hydrogen (secondary N) is 2. The quantitative estimate of drug-likeness (QED) is 0.774. The van der Waals surface area contributed by atoms with E-state index in [9.17, 15) is 9.59 Å². The molecule has 21 heavy (non-hydrogen) atoms. The summed E-state index contributed by atoms with van der Waals surface area (Å²) in [6.45, 7) is 7.56. The fourth-order valence-electron chi connectivity index (χ4n) is 1.74. The van der Waals surface area contributed by atoms with Crippen molar-refractivity contribution in [3.8, 4) is 0 Å². The molecule has 1 aromatic carbocycles. The van der Waals surface area contributed by atoms with Gasteiger partial charge in [-0.3, -0.25) is 9.59 Å². The number of benzene rings is 1. The fraction of sp³-hybridized carbons (Fsp3) is 0.467. The Labute approximate surface area is 132 Å². The van der Waals surface area contributed by atoms with Gasteiger partial charge in [-0.25, -0.2) is 0 Å². The number of halogens is 1. The van der Waals surface area contributed by atoms with E-state index in [1.807, 2.05) is 45.9 Å². The Morgan fingerprint density at radius 1 is 1.24 bits per heavy atom. The number of anilines is 1. The van der Waals surface area contributed by atoms with Crippen LogP contribution in [0.5, 0.6) is 0 Å². The minimum atomic E-state index is -0.594. The van der Waals surface area contributed by atoms with Gasteiger partial charge < -0.3 is 16.4 Å². The lowest BCUT2D eigenvalue weighted by molar-refractivity contribution is -0.125. The lowest BCUT2D eigenvalue weighted by Crippen LogP contribution is -2.46. The highest BCUT2D eigenvalue weighted by atomic mass is 35.5. The van der Waals surface area contributed by atoms with Crippen LogP contribution in [0.3, 0.4) is 0 Å². The molecule has 6 heteroatoms. The number of hydrogen-bond acceptors (Lipinski definition) is 3. The number of amides is 2.